The summed E-state index contributed by atoms with van der Waals surface area (Å²) in [5, 5.41) is 2.48. The van der Waals surface area contributed by atoms with Crippen LogP contribution in [-0.4, -0.2) is 10.9 Å². The van der Waals surface area contributed by atoms with E-state index in [2.05, 4.69) is 5.32 Å². The molecule has 3 nitrogen and oxygen atoms in total. The molecule has 1 aromatic carbocycles. The quantitative estimate of drug-likeness (QED) is 0.794. The molecule has 0 fully saturated rings. The predicted molar refractivity (Wildman–Crippen MR) is 65.7 cm³/mol. The second-order valence-electron chi connectivity index (χ2n) is 3.55. The van der Waals surface area contributed by atoms with Crippen LogP contribution in [0.5, 0.6) is 0 Å². The molecule has 0 saturated carbocycles. The number of carbonyl (C=O) groups excluding carboxylic acids is 1. The molecule has 0 radical (unpaired) electrons. The van der Waals surface area contributed by atoms with Gasteiger partial charge in [-0.25, -0.2) is 4.39 Å². The molecule has 0 heterocycles. The maximum Gasteiger partial charge on any atom is 0.234 e. The minimum Gasteiger partial charge on any atom is -0.393 e. The van der Waals surface area contributed by atoms with Gasteiger partial charge in [0, 0.05) is 0 Å². The van der Waals surface area contributed by atoms with E-state index in [0.29, 0.717) is 5.56 Å². The highest BCUT2D eigenvalue weighted by atomic mass is 32.1. The molecule has 0 aliphatic heterocycles. The van der Waals surface area contributed by atoms with Crippen molar-refractivity contribution in [3.63, 3.8) is 0 Å². The van der Waals surface area contributed by atoms with Gasteiger partial charge in [-0.15, -0.1) is 0 Å². The van der Waals surface area contributed by atoms with Gasteiger partial charge in [0.25, 0.3) is 0 Å². The predicted octanol–water partition coefficient (Wildman–Crippen LogP) is 1.99. The van der Waals surface area contributed by atoms with Crippen molar-refractivity contribution >= 4 is 28.8 Å². The van der Waals surface area contributed by atoms with E-state index in [-0.39, 0.29) is 10.7 Å². The molecule has 3 N–H and O–H groups in total. The van der Waals surface area contributed by atoms with Crippen LogP contribution in [0, 0.1) is 18.7 Å². The largest absolute Gasteiger partial charge is 0.393 e. The number of aryl methyl sites for hydroxylation is 1. The molecule has 86 valence electrons. The number of amides is 1. The van der Waals surface area contributed by atoms with Gasteiger partial charge >= 0.3 is 0 Å². The lowest BCUT2D eigenvalue weighted by Gasteiger charge is -2.13. The van der Waals surface area contributed by atoms with Crippen molar-refractivity contribution in [1.82, 2.24) is 0 Å². The number of benzene rings is 1. The van der Waals surface area contributed by atoms with Crippen LogP contribution in [0.2, 0.25) is 0 Å². The van der Waals surface area contributed by atoms with Crippen molar-refractivity contribution in [1.29, 1.82) is 0 Å². The normalized spacial score (nSPS) is 11.9. The Hall–Kier alpha value is -1.49. The summed E-state index contributed by atoms with van der Waals surface area (Å²) in [5.41, 5.74) is 6.18. The first-order valence-corrected chi connectivity index (χ1v) is 5.19. The zero-order valence-electron chi connectivity index (χ0n) is 9.08. The fourth-order valence-electron chi connectivity index (χ4n) is 1.15. The van der Waals surface area contributed by atoms with Gasteiger partial charge in [0.15, 0.2) is 0 Å². The SMILES string of the molecule is Cc1cccc(F)c1NC(=O)C(C)C(N)=S. The van der Waals surface area contributed by atoms with Crippen LogP contribution < -0.4 is 11.1 Å². The van der Waals surface area contributed by atoms with E-state index in [1.54, 1.807) is 26.0 Å². The Morgan fingerprint density at radius 2 is 2.19 bits per heavy atom. The minimum atomic E-state index is -0.617. The smallest absolute Gasteiger partial charge is 0.234 e. The average molecular weight is 240 g/mol. The summed E-state index contributed by atoms with van der Waals surface area (Å²) < 4.78 is 13.4. The number of thiocarbonyl (C=S) groups is 1. The van der Waals surface area contributed by atoms with Gasteiger partial charge in [-0.1, -0.05) is 24.4 Å². The van der Waals surface area contributed by atoms with E-state index in [9.17, 15) is 9.18 Å². The van der Waals surface area contributed by atoms with E-state index in [1.165, 1.54) is 6.07 Å². The molecule has 5 heteroatoms. The van der Waals surface area contributed by atoms with Crippen molar-refractivity contribution in [2.75, 3.05) is 5.32 Å². The Morgan fingerprint density at radius 3 is 2.69 bits per heavy atom. The molecule has 0 aliphatic rings. The van der Waals surface area contributed by atoms with Crippen molar-refractivity contribution in [3.8, 4) is 0 Å². The Bertz CT molecular complexity index is 414. The number of rotatable bonds is 3. The van der Waals surface area contributed by atoms with Gasteiger partial charge in [-0.05, 0) is 25.5 Å². The Balaban J connectivity index is 2.89. The second-order valence-corrected chi connectivity index (χ2v) is 4.02. The number of hydrogen-bond acceptors (Lipinski definition) is 2. The lowest BCUT2D eigenvalue weighted by Crippen LogP contribution is -2.31. The highest BCUT2D eigenvalue weighted by Crippen LogP contribution is 2.19. The van der Waals surface area contributed by atoms with Crippen molar-refractivity contribution in [2.45, 2.75) is 13.8 Å². The third-order valence-corrected chi connectivity index (χ3v) is 2.64. The summed E-state index contributed by atoms with van der Waals surface area (Å²) >= 11 is 4.70. The summed E-state index contributed by atoms with van der Waals surface area (Å²) in [7, 11) is 0. The fraction of sp³-hybridized carbons (Fsp3) is 0.273. The highest BCUT2D eigenvalue weighted by Gasteiger charge is 2.17. The first kappa shape index (κ1) is 12.6. The molecule has 1 amide bonds. The van der Waals surface area contributed by atoms with Crippen LogP contribution in [-0.2, 0) is 4.79 Å². The molecule has 0 aromatic heterocycles. The number of anilines is 1. The van der Waals surface area contributed by atoms with Gasteiger partial charge < -0.3 is 11.1 Å². The maximum atomic E-state index is 13.4. The van der Waals surface area contributed by atoms with Crippen LogP contribution in [0.15, 0.2) is 18.2 Å². The Labute approximate surface area is 98.8 Å². The second kappa shape index (κ2) is 5.03. The van der Waals surface area contributed by atoms with Crippen LogP contribution in [0.3, 0.4) is 0 Å². The van der Waals surface area contributed by atoms with E-state index in [0.717, 1.165) is 0 Å². The Morgan fingerprint density at radius 1 is 1.56 bits per heavy atom. The number of nitrogens with one attached hydrogen (secondary N) is 1. The van der Waals surface area contributed by atoms with Crippen LogP contribution in [0.4, 0.5) is 10.1 Å². The average Bonchev–Trinajstić information content (AvgIpc) is 2.22. The molecular weight excluding hydrogens is 227 g/mol. The molecular formula is C11H13FN2OS. The van der Waals surface area contributed by atoms with Crippen molar-refractivity contribution in [3.05, 3.63) is 29.6 Å². The van der Waals surface area contributed by atoms with Gasteiger partial charge in [-0.2, -0.15) is 0 Å². The first-order valence-electron chi connectivity index (χ1n) is 4.78. The van der Waals surface area contributed by atoms with Gasteiger partial charge in [-0.3, -0.25) is 4.79 Å². The molecule has 1 rings (SSSR count). The van der Waals surface area contributed by atoms with Gasteiger partial charge in [0.1, 0.15) is 5.82 Å². The summed E-state index contributed by atoms with van der Waals surface area (Å²) in [4.78, 5) is 11.7. The maximum absolute atomic E-state index is 13.4. The monoisotopic (exact) mass is 240 g/mol. The summed E-state index contributed by atoms with van der Waals surface area (Å²) in [6.45, 7) is 3.29. The zero-order chi connectivity index (χ0) is 12.3. The highest BCUT2D eigenvalue weighted by molar-refractivity contribution is 7.80. The number of carbonyl (C=O) groups is 1. The van der Waals surface area contributed by atoms with Crippen molar-refractivity contribution in [2.24, 2.45) is 11.7 Å². The lowest BCUT2D eigenvalue weighted by molar-refractivity contribution is -0.117. The van der Waals surface area contributed by atoms with E-state index >= 15 is 0 Å². The summed E-state index contributed by atoms with van der Waals surface area (Å²) in [6.07, 6.45) is 0. The van der Waals surface area contributed by atoms with Crippen molar-refractivity contribution < 1.29 is 9.18 Å². The third kappa shape index (κ3) is 2.76. The minimum absolute atomic E-state index is 0.0893. The number of nitrogens with two attached hydrogens (primary N) is 1. The number of halogens is 1. The summed E-state index contributed by atoms with van der Waals surface area (Å²) in [5.74, 6) is -1.49. The molecule has 0 bridgehead atoms. The van der Waals surface area contributed by atoms with E-state index in [4.69, 9.17) is 18.0 Å². The van der Waals surface area contributed by atoms with Crippen LogP contribution in [0.1, 0.15) is 12.5 Å². The zero-order valence-corrected chi connectivity index (χ0v) is 9.90. The van der Waals surface area contributed by atoms with Gasteiger partial charge in [0.2, 0.25) is 5.91 Å². The molecule has 0 saturated heterocycles. The van der Waals surface area contributed by atoms with Crippen LogP contribution >= 0.6 is 12.2 Å². The topological polar surface area (TPSA) is 55.1 Å². The molecule has 0 spiro atoms. The Kier molecular flexibility index (Phi) is 3.95. The van der Waals surface area contributed by atoms with E-state index in [1.807, 2.05) is 0 Å². The molecule has 0 aliphatic carbocycles. The lowest BCUT2D eigenvalue weighted by atomic mass is 10.1. The number of para-hydroxylation sites is 1. The molecule has 1 unspecified atom stereocenters. The summed E-state index contributed by atoms with van der Waals surface area (Å²) in [6, 6.07) is 4.58. The molecule has 16 heavy (non-hydrogen) atoms. The molecule has 1 aromatic rings. The van der Waals surface area contributed by atoms with E-state index < -0.39 is 17.6 Å². The number of hydrogen-bond donors (Lipinski definition) is 2. The molecule has 1 atom stereocenters. The van der Waals surface area contributed by atoms with Gasteiger partial charge in [0.05, 0.1) is 16.6 Å². The third-order valence-electron chi connectivity index (χ3n) is 2.29. The van der Waals surface area contributed by atoms with Crippen LogP contribution in [0.25, 0.3) is 0 Å². The first-order chi connectivity index (χ1) is 7.43. The standard InChI is InChI=1S/C11H13FN2OS/c1-6-4-3-5-8(12)9(6)14-11(15)7(2)10(13)16/h3-5,7H,1-2H3,(H2,13,16)(H,14,15). The fourth-order valence-corrected chi connectivity index (χ4v) is 1.26.